The lowest BCUT2D eigenvalue weighted by molar-refractivity contribution is -0.138. The highest BCUT2D eigenvalue weighted by atomic mass is 79.9. The first-order valence-corrected chi connectivity index (χ1v) is 7.89. The first-order valence-electron chi connectivity index (χ1n) is 7.89. The molecule has 3 N–H and O–H groups in total. The van der Waals surface area contributed by atoms with Crippen LogP contribution in [-0.2, 0) is 11.2 Å². The lowest BCUT2D eigenvalue weighted by atomic mass is 10.1. The number of hydrogen-bond acceptors (Lipinski definition) is 3. The van der Waals surface area contributed by atoms with Crippen molar-refractivity contribution in [2.45, 2.75) is 31.7 Å². The molecule has 2 aromatic carbocycles. The number of carboxylic acid groups (broad SMARTS) is 1. The Bertz CT molecular complexity index is 602. The van der Waals surface area contributed by atoms with Gasteiger partial charge in [-0.05, 0) is 48.9 Å². The van der Waals surface area contributed by atoms with Crippen LogP contribution in [-0.4, -0.2) is 23.7 Å². The van der Waals surface area contributed by atoms with Crippen LogP contribution in [0.25, 0.3) is 0 Å². The van der Waals surface area contributed by atoms with Crippen molar-refractivity contribution < 1.29 is 14.6 Å². The second-order valence-electron chi connectivity index (χ2n) is 5.60. The van der Waals surface area contributed by atoms with Crippen molar-refractivity contribution in [1.82, 2.24) is 0 Å². The summed E-state index contributed by atoms with van der Waals surface area (Å²) in [7, 11) is 0. The SMILES string of the molecule is Br.NC(CCCCOc1ccc(Cc2ccccc2)cc1)C(=O)O. The van der Waals surface area contributed by atoms with Crippen LogP contribution < -0.4 is 10.5 Å². The van der Waals surface area contributed by atoms with Gasteiger partial charge in [-0.1, -0.05) is 42.5 Å². The zero-order valence-corrected chi connectivity index (χ0v) is 15.3. The van der Waals surface area contributed by atoms with Gasteiger partial charge in [-0.2, -0.15) is 0 Å². The maximum Gasteiger partial charge on any atom is 0.320 e. The minimum absolute atomic E-state index is 0. The van der Waals surface area contributed by atoms with E-state index in [2.05, 4.69) is 24.3 Å². The third-order valence-electron chi connectivity index (χ3n) is 3.67. The van der Waals surface area contributed by atoms with Crippen molar-refractivity contribution >= 4 is 23.0 Å². The Balaban J connectivity index is 0.00000288. The van der Waals surface area contributed by atoms with E-state index < -0.39 is 12.0 Å². The van der Waals surface area contributed by atoms with Gasteiger partial charge >= 0.3 is 5.97 Å². The van der Waals surface area contributed by atoms with Gasteiger partial charge in [-0.25, -0.2) is 0 Å². The fraction of sp³-hybridized carbons (Fsp3) is 0.316. The van der Waals surface area contributed by atoms with Gasteiger partial charge in [0.2, 0.25) is 0 Å². The van der Waals surface area contributed by atoms with Crippen LogP contribution in [0.15, 0.2) is 54.6 Å². The van der Waals surface area contributed by atoms with Crippen molar-refractivity contribution in [3.05, 3.63) is 65.7 Å². The van der Waals surface area contributed by atoms with Gasteiger partial charge in [-0.15, -0.1) is 17.0 Å². The van der Waals surface area contributed by atoms with Crippen molar-refractivity contribution in [3.8, 4) is 5.75 Å². The normalized spacial score (nSPS) is 11.4. The fourth-order valence-corrected chi connectivity index (χ4v) is 2.31. The summed E-state index contributed by atoms with van der Waals surface area (Å²) >= 11 is 0. The predicted octanol–water partition coefficient (Wildman–Crippen LogP) is 3.82. The molecule has 0 spiro atoms. The van der Waals surface area contributed by atoms with E-state index in [9.17, 15) is 4.79 Å². The maximum absolute atomic E-state index is 10.6. The van der Waals surface area contributed by atoms with E-state index in [1.165, 1.54) is 11.1 Å². The third-order valence-corrected chi connectivity index (χ3v) is 3.67. The van der Waals surface area contributed by atoms with E-state index in [-0.39, 0.29) is 17.0 Å². The van der Waals surface area contributed by atoms with Crippen LogP contribution in [0.3, 0.4) is 0 Å². The quantitative estimate of drug-likeness (QED) is 0.635. The van der Waals surface area contributed by atoms with E-state index in [1.54, 1.807) is 0 Å². The number of carbonyl (C=O) groups is 1. The predicted molar refractivity (Wildman–Crippen MR) is 101 cm³/mol. The molecule has 0 aliphatic heterocycles. The average molecular weight is 394 g/mol. The highest BCUT2D eigenvalue weighted by Gasteiger charge is 2.09. The molecule has 1 atom stereocenters. The molecular formula is C19H24BrNO3. The van der Waals surface area contributed by atoms with E-state index in [4.69, 9.17) is 15.6 Å². The van der Waals surface area contributed by atoms with Crippen molar-refractivity contribution in [3.63, 3.8) is 0 Å². The van der Waals surface area contributed by atoms with Crippen LogP contribution in [0, 0.1) is 0 Å². The number of hydrogen-bond donors (Lipinski definition) is 2. The van der Waals surface area contributed by atoms with Gasteiger partial charge in [0.05, 0.1) is 6.61 Å². The van der Waals surface area contributed by atoms with Gasteiger partial charge in [0.25, 0.3) is 0 Å². The maximum atomic E-state index is 10.6. The molecule has 0 bridgehead atoms. The Morgan fingerprint density at radius 3 is 2.25 bits per heavy atom. The summed E-state index contributed by atoms with van der Waals surface area (Å²) in [5.41, 5.74) is 7.98. The van der Waals surface area contributed by atoms with E-state index in [1.807, 2.05) is 30.3 Å². The largest absolute Gasteiger partial charge is 0.494 e. The number of rotatable bonds is 9. The molecule has 1 unspecified atom stereocenters. The number of aliphatic carboxylic acids is 1. The molecule has 0 amide bonds. The summed E-state index contributed by atoms with van der Waals surface area (Å²) < 4.78 is 5.67. The zero-order chi connectivity index (χ0) is 16.5. The molecule has 5 heteroatoms. The van der Waals surface area contributed by atoms with Gasteiger partial charge in [0.15, 0.2) is 0 Å². The van der Waals surface area contributed by atoms with Gasteiger partial charge in [0.1, 0.15) is 11.8 Å². The van der Waals surface area contributed by atoms with Crippen molar-refractivity contribution in [2.24, 2.45) is 5.73 Å². The van der Waals surface area contributed by atoms with E-state index >= 15 is 0 Å². The topological polar surface area (TPSA) is 72.5 Å². The lowest BCUT2D eigenvalue weighted by Crippen LogP contribution is -2.29. The molecule has 0 radical (unpaired) electrons. The highest BCUT2D eigenvalue weighted by Crippen LogP contribution is 2.15. The summed E-state index contributed by atoms with van der Waals surface area (Å²) in [5.74, 6) is -0.107. The highest BCUT2D eigenvalue weighted by molar-refractivity contribution is 8.93. The fourth-order valence-electron chi connectivity index (χ4n) is 2.31. The van der Waals surface area contributed by atoms with Crippen molar-refractivity contribution in [2.75, 3.05) is 6.61 Å². The Hall–Kier alpha value is -1.85. The smallest absolute Gasteiger partial charge is 0.320 e. The second kappa shape index (κ2) is 10.8. The summed E-state index contributed by atoms with van der Waals surface area (Å²) in [6.45, 7) is 0.574. The number of ether oxygens (including phenoxy) is 1. The molecule has 4 nitrogen and oxygen atoms in total. The Labute approximate surface area is 153 Å². The number of carboxylic acids is 1. The monoisotopic (exact) mass is 393 g/mol. The molecule has 2 aromatic rings. The molecule has 0 aliphatic rings. The molecule has 0 aromatic heterocycles. The number of halogens is 1. The van der Waals surface area contributed by atoms with Gasteiger partial charge < -0.3 is 15.6 Å². The van der Waals surface area contributed by atoms with Gasteiger partial charge in [0, 0.05) is 0 Å². The van der Waals surface area contributed by atoms with Crippen LogP contribution >= 0.6 is 17.0 Å². The molecule has 0 fully saturated rings. The third kappa shape index (κ3) is 7.15. The molecule has 2 rings (SSSR count). The average Bonchev–Trinajstić information content (AvgIpc) is 2.56. The van der Waals surface area contributed by atoms with Crippen LogP contribution in [0.2, 0.25) is 0 Å². The molecule has 24 heavy (non-hydrogen) atoms. The van der Waals surface area contributed by atoms with Crippen molar-refractivity contribution in [1.29, 1.82) is 0 Å². The molecule has 0 heterocycles. The van der Waals surface area contributed by atoms with Crippen LogP contribution in [0.5, 0.6) is 5.75 Å². The summed E-state index contributed by atoms with van der Waals surface area (Å²) in [4.78, 5) is 10.6. The number of unbranched alkanes of at least 4 members (excludes halogenated alkanes) is 1. The summed E-state index contributed by atoms with van der Waals surface area (Å²) in [5, 5.41) is 8.69. The molecule has 0 aliphatic carbocycles. The molecule has 0 saturated heterocycles. The van der Waals surface area contributed by atoms with Gasteiger partial charge in [-0.3, -0.25) is 4.79 Å². The molecule has 130 valence electrons. The Morgan fingerprint density at radius 1 is 1.00 bits per heavy atom. The van der Waals surface area contributed by atoms with Crippen LogP contribution in [0.4, 0.5) is 0 Å². The zero-order valence-electron chi connectivity index (χ0n) is 13.6. The number of benzene rings is 2. The standard InChI is InChI=1S/C19H23NO3.BrH/c20-18(19(21)22)8-4-5-13-23-17-11-9-16(10-12-17)14-15-6-2-1-3-7-15;/h1-3,6-7,9-12,18H,4-5,8,13-14,20H2,(H,21,22);1H. The second-order valence-corrected chi connectivity index (χ2v) is 5.60. The lowest BCUT2D eigenvalue weighted by Gasteiger charge is -2.09. The number of nitrogens with two attached hydrogens (primary N) is 1. The molecular weight excluding hydrogens is 370 g/mol. The summed E-state index contributed by atoms with van der Waals surface area (Å²) in [6.07, 6.45) is 2.94. The van der Waals surface area contributed by atoms with E-state index in [0.717, 1.165) is 25.0 Å². The van der Waals surface area contributed by atoms with E-state index in [0.29, 0.717) is 13.0 Å². The summed E-state index contributed by atoms with van der Waals surface area (Å²) in [6, 6.07) is 17.7. The Kier molecular flexibility index (Phi) is 9.12. The van der Waals surface area contributed by atoms with Crippen LogP contribution in [0.1, 0.15) is 30.4 Å². The Morgan fingerprint density at radius 2 is 1.62 bits per heavy atom. The minimum atomic E-state index is -0.945. The minimum Gasteiger partial charge on any atom is -0.494 e. The first-order chi connectivity index (χ1) is 11.1. The molecule has 0 saturated carbocycles. The first kappa shape index (κ1) is 20.2.